The summed E-state index contributed by atoms with van der Waals surface area (Å²) in [7, 11) is 1.98. The number of para-hydroxylation sites is 1. The molecule has 0 saturated carbocycles. The molecule has 0 bridgehead atoms. The molecule has 112 valence electrons. The molecular weight excluding hydrogens is 296 g/mol. The van der Waals surface area contributed by atoms with Gasteiger partial charge >= 0.3 is 0 Å². The highest BCUT2D eigenvalue weighted by molar-refractivity contribution is 8.19. The summed E-state index contributed by atoms with van der Waals surface area (Å²) in [5.74, 6) is -0.262. The first-order chi connectivity index (χ1) is 10.5. The lowest BCUT2D eigenvalue weighted by molar-refractivity contribution is -0.113. The number of nitrogens with zero attached hydrogens (tertiary/aromatic N) is 2. The molecule has 1 saturated heterocycles. The standard InChI is InChI=1S/C17H16N2O2S/c1-11-9-13(12(2)18(11)3)10-15-16(20)19(17(21)22-15)14-7-5-4-6-8-14/h4-10H,1-3H3/b15-10+. The Hall–Kier alpha value is -2.27. The minimum Gasteiger partial charge on any atom is -0.352 e. The number of hydrogen-bond donors (Lipinski definition) is 0. The first-order valence-corrected chi connectivity index (χ1v) is 7.76. The van der Waals surface area contributed by atoms with E-state index in [1.54, 1.807) is 18.2 Å². The molecule has 5 heteroatoms. The van der Waals surface area contributed by atoms with Gasteiger partial charge in [-0.1, -0.05) is 18.2 Å². The van der Waals surface area contributed by atoms with Gasteiger partial charge < -0.3 is 4.57 Å². The van der Waals surface area contributed by atoms with Gasteiger partial charge in [-0.3, -0.25) is 9.59 Å². The summed E-state index contributed by atoms with van der Waals surface area (Å²) in [5, 5.41) is -0.257. The van der Waals surface area contributed by atoms with Crippen LogP contribution in [0.25, 0.3) is 6.08 Å². The SMILES string of the molecule is Cc1cc(/C=C2/SC(=O)N(c3ccccc3)C2=O)c(C)n1C. The van der Waals surface area contributed by atoms with Crippen LogP contribution in [0.15, 0.2) is 41.3 Å². The number of benzene rings is 1. The van der Waals surface area contributed by atoms with E-state index < -0.39 is 0 Å². The molecule has 1 aromatic carbocycles. The summed E-state index contributed by atoms with van der Waals surface area (Å²) in [6, 6.07) is 11.0. The Labute approximate surface area is 133 Å². The van der Waals surface area contributed by atoms with Gasteiger partial charge in [0, 0.05) is 18.4 Å². The topological polar surface area (TPSA) is 42.3 Å². The van der Waals surface area contributed by atoms with Crippen molar-refractivity contribution >= 4 is 34.7 Å². The minimum absolute atomic E-state index is 0.257. The lowest BCUT2D eigenvalue weighted by Crippen LogP contribution is -2.27. The molecule has 0 spiro atoms. The number of rotatable bonds is 2. The molecule has 0 unspecified atom stereocenters. The maximum atomic E-state index is 12.5. The lowest BCUT2D eigenvalue weighted by atomic mass is 10.2. The summed E-state index contributed by atoms with van der Waals surface area (Å²) >= 11 is 0.985. The van der Waals surface area contributed by atoms with Crippen molar-refractivity contribution in [2.75, 3.05) is 4.90 Å². The molecule has 2 heterocycles. The number of aryl methyl sites for hydroxylation is 1. The number of thioether (sulfide) groups is 1. The van der Waals surface area contributed by atoms with Crippen LogP contribution in [0.3, 0.4) is 0 Å². The van der Waals surface area contributed by atoms with Gasteiger partial charge in [-0.2, -0.15) is 0 Å². The molecule has 0 atom stereocenters. The van der Waals surface area contributed by atoms with Gasteiger partial charge in [-0.05, 0) is 55.4 Å². The smallest absolute Gasteiger partial charge is 0.298 e. The van der Waals surface area contributed by atoms with Gasteiger partial charge in [-0.25, -0.2) is 4.90 Å². The summed E-state index contributed by atoms with van der Waals surface area (Å²) in [6.45, 7) is 4.01. The molecule has 22 heavy (non-hydrogen) atoms. The second-order valence-electron chi connectivity index (χ2n) is 5.24. The van der Waals surface area contributed by atoms with Crippen LogP contribution in [-0.4, -0.2) is 15.7 Å². The van der Waals surface area contributed by atoms with Crippen LogP contribution in [-0.2, 0) is 11.8 Å². The maximum absolute atomic E-state index is 12.5. The number of amides is 2. The van der Waals surface area contributed by atoms with Crippen molar-refractivity contribution in [3.63, 3.8) is 0 Å². The van der Waals surface area contributed by atoms with E-state index in [1.165, 1.54) is 4.90 Å². The van der Waals surface area contributed by atoms with Crippen molar-refractivity contribution in [3.8, 4) is 0 Å². The Morgan fingerprint density at radius 3 is 2.36 bits per heavy atom. The number of anilines is 1. The molecular formula is C17H16N2O2S. The van der Waals surface area contributed by atoms with E-state index in [0.717, 1.165) is 28.7 Å². The molecule has 0 radical (unpaired) electrons. The van der Waals surface area contributed by atoms with Crippen LogP contribution < -0.4 is 4.90 Å². The largest absolute Gasteiger partial charge is 0.352 e. The van der Waals surface area contributed by atoms with Crippen LogP contribution in [0.2, 0.25) is 0 Å². The predicted molar refractivity (Wildman–Crippen MR) is 89.8 cm³/mol. The normalized spacial score (nSPS) is 16.9. The monoisotopic (exact) mass is 312 g/mol. The van der Waals surface area contributed by atoms with E-state index in [2.05, 4.69) is 4.57 Å². The van der Waals surface area contributed by atoms with E-state index >= 15 is 0 Å². The van der Waals surface area contributed by atoms with E-state index in [1.807, 2.05) is 45.2 Å². The molecule has 1 aromatic heterocycles. The van der Waals surface area contributed by atoms with Crippen molar-refractivity contribution in [3.05, 3.63) is 58.3 Å². The summed E-state index contributed by atoms with van der Waals surface area (Å²) in [6.07, 6.45) is 1.80. The highest BCUT2D eigenvalue weighted by Crippen LogP contribution is 2.36. The van der Waals surface area contributed by atoms with Gasteiger partial charge in [0.15, 0.2) is 0 Å². The predicted octanol–water partition coefficient (Wildman–Crippen LogP) is 3.88. The molecule has 1 fully saturated rings. The first kappa shape index (κ1) is 14.7. The molecule has 0 aliphatic carbocycles. The first-order valence-electron chi connectivity index (χ1n) is 6.95. The molecule has 4 nitrogen and oxygen atoms in total. The molecule has 0 N–H and O–H groups in total. The summed E-state index contributed by atoms with van der Waals surface area (Å²) in [4.78, 5) is 26.4. The Morgan fingerprint density at radius 1 is 1.09 bits per heavy atom. The fraction of sp³-hybridized carbons (Fsp3) is 0.176. The quantitative estimate of drug-likeness (QED) is 0.790. The number of carbonyl (C=O) groups excluding carboxylic acids is 2. The summed E-state index contributed by atoms with van der Waals surface area (Å²) < 4.78 is 2.06. The molecule has 1 aliphatic heterocycles. The molecule has 3 rings (SSSR count). The molecule has 2 aromatic rings. The third-order valence-electron chi connectivity index (χ3n) is 3.91. The van der Waals surface area contributed by atoms with E-state index in [9.17, 15) is 9.59 Å². The second-order valence-corrected chi connectivity index (χ2v) is 6.23. The highest BCUT2D eigenvalue weighted by atomic mass is 32.2. The van der Waals surface area contributed by atoms with Crippen molar-refractivity contribution < 1.29 is 9.59 Å². The van der Waals surface area contributed by atoms with Gasteiger partial charge in [0.1, 0.15) is 0 Å². The maximum Gasteiger partial charge on any atom is 0.298 e. The van der Waals surface area contributed by atoms with Crippen LogP contribution >= 0.6 is 11.8 Å². The van der Waals surface area contributed by atoms with Crippen molar-refractivity contribution in [1.29, 1.82) is 0 Å². The van der Waals surface area contributed by atoms with Crippen LogP contribution in [0.5, 0.6) is 0 Å². The third kappa shape index (κ3) is 2.37. The van der Waals surface area contributed by atoms with Gasteiger partial charge in [-0.15, -0.1) is 0 Å². The van der Waals surface area contributed by atoms with E-state index in [0.29, 0.717) is 10.6 Å². The average Bonchev–Trinajstić information content (AvgIpc) is 2.92. The lowest BCUT2D eigenvalue weighted by Gasteiger charge is -2.11. The van der Waals surface area contributed by atoms with Crippen molar-refractivity contribution in [1.82, 2.24) is 4.57 Å². The van der Waals surface area contributed by atoms with Crippen molar-refractivity contribution in [2.45, 2.75) is 13.8 Å². The average molecular weight is 312 g/mol. The van der Waals surface area contributed by atoms with E-state index in [4.69, 9.17) is 0 Å². The second kappa shape index (κ2) is 5.50. The van der Waals surface area contributed by atoms with Crippen LogP contribution in [0.4, 0.5) is 10.5 Å². The fourth-order valence-electron chi connectivity index (χ4n) is 2.44. The van der Waals surface area contributed by atoms with Crippen LogP contribution in [0.1, 0.15) is 17.0 Å². The fourth-order valence-corrected chi connectivity index (χ4v) is 3.27. The molecule has 1 aliphatic rings. The zero-order valence-corrected chi connectivity index (χ0v) is 13.5. The van der Waals surface area contributed by atoms with Gasteiger partial charge in [0.25, 0.3) is 11.1 Å². The van der Waals surface area contributed by atoms with E-state index in [-0.39, 0.29) is 11.1 Å². The Balaban J connectivity index is 1.97. The number of imide groups is 1. The van der Waals surface area contributed by atoms with Gasteiger partial charge in [0.2, 0.25) is 0 Å². The third-order valence-corrected chi connectivity index (χ3v) is 4.78. The zero-order chi connectivity index (χ0) is 15.9. The summed E-state index contributed by atoms with van der Waals surface area (Å²) in [5.41, 5.74) is 3.77. The van der Waals surface area contributed by atoms with Crippen molar-refractivity contribution in [2.24, 2.45) is 7.05 Å². The Morgan fingerprint density at radius 2 is 1.77 bits per heavy atom. The zero-order valence-electron chi connectivity index (χ0n) is 12.7. The Bertz CT molecular complexity index is 790. The number of aromatic nitrogens is 1. The molecule has 2 amide bonds. The highest BCUT2D eigenvalue weighted by Gasteiger charge is 2.36. The van der Waals surface area contributed by atoms with Gasteiger partial charge in [0.05, 0.1) is 10.6 Å². The number of carbonyl (C=O) groups is 2. The minimum atomic E-state index is -0.262. The van der Waals surface area contributed by atoms with Crippen LogP contribution in [0, 0.1) is 13.8 Å². The number of hydrogen-bond acceptors (Lipinski definition) is 3. The Kier molecular flexibility index (Phi) is 3.66.